The van der Waals surface area contributed by atoms with Crippen molar-refractivity contribution in [1.82, 2.24) is 13.7 Å². The maximum atomic E-state index is 12.8. The van der Waals surface area contributed by atoms with Gasteiger partial charge in [0.25, 0.3) is 5.91 Å². The summed E-state index contributed by atoms with van der Waals surface area (Å²) in [5, 5.41) is 4.66. The highest BCUT2D eigenvalue weighted by atomic mass is 35.5. The van der Waals surface area contributed by atoms with E-state index in [0.717, 1.165) is 15.4 Å². The minimum atomic E-state index is -3.62. The fourth-order valence-electron chi connectivity index (χ4n) is 2.46. The minimum absolute atomic E-state index is 0.0980. The largest absolute Gasteiger partial charge is 0.320 e. The van der Waals surface area contributed by atoms with Crippen LogP contribution in [0.4, 0.5) is 5.69 Å². The molecule has 0 atom stereocenters. The van der Waals surface area contributed by atoms with Gasteiger partial charge in [0.15, 0.2) is 15.8 Å². The van der Waals surface area contributed by atoms with Crippen molar-refractivity contribution in [2.75, 3.05) is 19.4 Å². The van der Waals surface area contributed by atoms with Crippen molar-refractivity contribution in [3.63, 3.8) is 0 Å². The van der Waals surface area contributed by atoms with Gasteiger partial charge in [-0.2, -0.15) is 0 Å². The first-order valence-electron chi connectivity index (χ1n) is 7.59. The van der Waals surface area contributed by atoms with Gasteiger partial charge in [-0.1, -0.05) is 11.6 Å². The number of imidazole rings is 1. The van der Waals surface area contributed by atoms with Gasteiger partial charge in [-0.25, -0.2) is 17.7 Å². The Kier molecular flexibility index (Phi) is 4.82. The minimum Gasteiger partial charge on any atom is -0.320 e. The van der Waals surface area contributed by atoms with Crippen LogP contribution in [0.5, 0.6) is 0 Å². The molecule has 0 aliphatic carbocycles. The van der Waals surface area contributed by atoms with Crippen LogP contribution in [0, 0.1) is 13.8 Å². The summed E-state index contributed by atoms with van der Waals surface area (Å²) in [4.78, 5) is 17.6. The van der Waals surface area contributed by atoms with Crippen LogP contribution in [0.25, 0.3) is 4.96 Å². The summed E-state index contributed by atoms with van der Waals surface area (Å²) in [6, 6.07) is 3.04. The second-order valence-electron chi connectivity index (χ2n) is 5.96. The number of hydrogen-bond donors (Lipinski definition) is 1. The third kappa shape index (κ3) is 3.11. The van der Waals surface area contributed by atoms with E-state index in [1.54, 1.807) is 29.0 Å². The number of thiazole rings is 1. The standard InChI is InChI=1S/C16H17ClN4O3S2/c1-9-7-11(26(23,24)20(3)4)8-12(10(9)2)18-15(22)13-14(17)19-16-21(13)5-6-25-16/h5-8H,1-4H3,(H,18,22). The Morgan fingerprint density at radius 3 is 2.65 bits per heavy atom. The molecule has 0 fully saturated rings. The number of anilines is 1. The number of carbonyl (C=O) groups excluding carboxylic acids is 1. The molecule has 7 nitrogen and oxygen atoms in total. The van der Waals surface area contributed by atoms with Gasteiger partial charge < -0.3 is 5.32 Å². The number of halogens is 1. The van der Waals surface area contributed by atoms with E-state index in [9.17, 15) is 13.2 Å². The molecule has 0 aliphatic heterocycles. The normalized spacial score (nSPS) is 12.1. The number of fused-ring (bicyclic) bond motifs is 1. The second-order valence-corrected chi connectivity index (χ2v) is 9.34. The van der Waals surface area contributed by atoms with Crippen LogP contribution in [0.2, 0.25) is 5.15 Å². The molecular weight excluding hydrogens is 396 g/mol. The molecule has 2 aromatic heterocycles. The molecule has 0 saturated carbocycles. The van der Waals surface area contributed by atoms with Gasteiger partial charge in [-0.3, -0.25) is 9.20 Å². The van der Waals surface area contributed by atoms with E-state index in [2.05, 4.69) is 10.3 Å². The molecule has 0 bridgehead atoms. The molecule has 0 unspecified atom stereocenters. The molecule has 0 radical (unpaired) electrons. The van der Waals surface area contributed by atoms with E-state index in [1.165, 1.54) is 31.5 Å². The molecule has 1 N–H and O–H groups in total. The molecule has 26 heavy (non-hydrogen) atoms. The predicted octanol–water partition coefficient (Wildman–Crippen LogP) is 3.17. The molecule has 10 heteroatoms. The fraction of sp³-hybridized carbons (Fsp3) is 0.250. The Balaban J connectivity index is 2.05. The maximum Gasteiger partial charge on any atom is 0.275 e. The second kappa shape index (κ2) is 6.66. The van der Waals surface area contributed by atoms with Gasteiger partial charge in [-0.15, -0.1) is 11.3 Å². The summed E-state index contributed by atoms with van der Waals surface area (Å²) >= 11 is 7.46. The van der Waals surface area contributed by atoms with Crippen molar-refractivity contribution in [3.8, 4) is 0 Å². The van der Waals surface area contributed by atoms with Gasteiger partial charge in [0.2, 0.25) is 10.0 Å². The number of hydrogen-bond acceptors (Lipinski definition) is 5. The van der Waals surface area contributed by atoms with E-state index in [0.29, 0.717) is 10.6 Å². The average Bonchev–Trinajstić information content (AvgIpc) is 3.10. The Bertz CT molecular complexity index is 1120. The van der Waals surface area contributed by atoms with Gasteiger partial charge in [0.05, 0.1) is 4.90 Å². The molecule has 3 aromatic rings. The van der Waals surface area contributed by atoms with Crippen LogP contribution in [0.15, 0.2) is 28.6 Å². The number of rotatable bonds is 4. The van der Waals surface area contributed by atoms with E-state index in [-0.39, 0.29) is 15.7 Å². The van der Waals surface area contributed by atoms with E-state index >= 15 is 0 Å². The summed E-state index contributed by atoms with van der Waals surface area (Å²) in [5.41, 5.74) is 2.15. The smallest absolute Gasteiger partial charge is 0.275 e. The third-order valence-corrected chi connectivity index (χ3v) is 6.92. The fourth-order valence-corrected chi connectivity index (χ4v) is 4.49. The monoisotopic (exact) mass is 412 g/mol. The van der Waals surface area contributed by atoms with Gasteiger partial charge >= 0.3 is 0 Å². The SMILES string of the molecule is Cc1cc(S(=O)(=O)N(C)C)cc(NC(=O)c2c(Cl)nc3sccn23)c1C. The Labute approximate surface area is 160 Å². The van der Waals surface area contributed by atoms with Crippen molar-refractivity contribution in [1.29, 1.82) is 0 Å². The van der Waals surface area contributed by atoms with Crippen molar-refractivity contribution in [2.24, 2.45) is 0 Å². The summed E-state index contributed by atoms with van der Waals surface area (Å²) < 4.78 is 27.6. The number of nitrogens with zero attached hydrogens (tertiary/aromatic N) is 3. The quantitative estimate of drug-likeness (QED) is 0.713. The zero-order valence-electron chi connectivity index (χ0n) is 14.6. The molecule has 1 aromatic carbocycles. The number of aromatic nitrogens is 2. The predicted molar refractivity (Wildman–Crippen MR) is 103 cm³/mol. The highest BCUT2D eigenvalue weighted by molar-refractivity contribution is 7.89. The lowest BCUT2D eigenvalue weighted by atomic mass is 10.1. The molecule has 3 rings (SSSR count). The first-order chi connectivity index (χ1) is 12.1. The topological polar surface area (TPSA) is 83.8 Å². The van der Waals surface area contributed by atoms with Crippen molar-refractivity contribution < 1.29 is 13.2 Å². The molecule has 138 valence electrons. The summed E-state index contributed by atoms with van der Waals surface area (Å²) in [7, 11) is -0.701. The van der Waals surface area contributed by atoms with Crippen LogP contribution in [0.1, 0.15) is 21.6 Å². The zero-order chi connectivity index (χ0) is 19.2. The van der Waals surface area contributed by atoms with Gasteiger partial charge in [-0.05, 0) is 37.1 Å². The lowest BCUT2D eigenvalue weighted by Crippen LogP contribution is -2.23. The number of nitrogens with one attached hydrogen (secondary N) is 1. The van der Waals surface area contributed by atoms with Crippen molar-refractivity contribution >= 4 is 49.5 Å². The average molecular weight is 413 g/mol. The number of sulfonamides is 1. The summed E-state index contributed by atoms with van der Waals surface area (Å²) in [5.74, 6) is -0.456. The lowest BCUT2D eigenvalue weighted by Gasteiger charge is -2.16. The third-order valence-electron chi connectivity index (χ3n) is 4.10. The van der Waals surface area contributed by atoms with E-state index in [4.69, 9.17) is 11.6 Å². The molecular formula is C16H17ClN4O3S2. The Morgan fingerprint density at radius 1 is 1.31 bits per heavy atom. The van der Waals surface area contributed by atoms with Crippen molar-refractivity contribution in [3.05, 3.63) is 45.7 Å². The first-order valence-corrected chi connectivity index (χ1v) is 10.3. The summed E-state index contributed by atoms with van der Waals surface area (Å²) in [6.45, 7) is 3.61. The number of aryl methyl sites for hydroxylation is 1. The Hall–Kier alpha value is -1.94. The van der Waals surface area contributed by atoms with Crippen LogP contribution in [0.3, 0.4) is 0 Å². The number of carbonyl (C=O) groups is 1. The number of amides is 1. The van der Waals surface area contributed by atoms with E-state index in [1.807, 2.05) is 6.92 Å². The highest BCUT2D eigenvalue weighted by Gasteiger charge is 2.23. The molecule has 0 spiro atoms. The summed E-state index contributed by atoms with van der Waals surface area (Å²) in [6.07, 6.45) is 1.71. The molecule has 2 heterocycles. The molecule has 0 aliphatic rings. The number of benzene rings is 1. The lowest BCUT2D eigenvalue weighted by molar-refractivity contribution is 0.102. The Morgan fingerprint density at radius 2 is 2.00 bits per heavy atom. The van der Waals surface area contributed by atoms with Crippen LogP contribution >= 0.6 is 22.9 Å². The van der Waals surface area contributed by atoms with Crippen LogP contribution in [-0.2, 0) is 10.0 Å². The highest BCUT2D eigenvalue weighted by Crippen LogP contribution is 2.27. The molecule has 0 saturated heterocycles. The van der Waals surface area contributed by atoms with Gasteiger partial charge in [0.1, 0.15) is 0 Å². The van der Waals surface area contributed by atoms with E-state index < -0.39 is 15.9 Å². The molecule has 1 amide bonds. The van der Waals surface area contributed by atoms with Crippen LogP contribution in [-0.4, -0.2) is 42.1 Å². The first kappa shape index (κ1) is 18.8. The van der Waals surface area contributed by atoms with Gasteiger partial charge in [0, 0.05) is 31.4 Å². The van der Waals surface area contributed by atoms with Crippen molar-refractivity contribution in [2.45, 2.75) is 18.7 Å². The van der Waals surface area contributed by atoms with Crippen LogP contribution < -0.4 is 5.32 Å². The zero-order valence-corrected chi connectivity index (χ0v) is 17.0. The maximum absolute atomic E-state index is 12.8.